The normalized spacial score (nSPS) is 23.1. The third-order valence-electron chi connectivity index (χ3n) is 7.87. The van der Waals surface area contributed by atoms with Crippen molar-refractivity contribution in [2.75, 3.05) is 21.3 Å². The molecule has 3 N–H and O–H groups in total. The van der Waals surface area contributed by atoms with Crippen LogP contribution in [0.4, 0.5) is 0 Å². The van der Waals surface area contributed by atoms with E-state index in [1.165, 1.54) is 0 Å². The third kappa shape index (κ3) is 11.6. The largest absolute Gasteiger partial charge is 0.497 e. The Kier molecular flexibility index (Phi) is 15.1. The van der Waals surface area contributed by atoms with Gasteiger partial charge in [0.15, 0.2) is 0 Å². The summed E-state index contributed by atoms with van der Waals surface area (Å²) in [5.74, 6) is -1.76. The van der Waals surface area contributed by atoms with Crippen molar-refractivity contribution in [1.29, 1.82) is 0 Å². The van der Waals surface area contributed by atoms with E-state index in [1.54, 1.807) is 38.3 Å². The van der Waals surface area contributed by atoms with Gasteiger partial charge in [-0.3, -0.25) is 14.4 Å². The predicted octanol–water partition coefficient (Wildman–Crippen LogP) is 4.71. The zero-order chi connectivity index (χ0) is 31.9. The van der Waals surface area contributed by atoms with Crippen molar-refractivity contribution in [3.63, 3.8) is 0 Å². The SMILES string of the molecule is CCCC1CCCC/C=C/CC(C(=O)N(C)Cc2ccc(OC)cc2OC)CC(C(=O)O)NC(=O)C(CC(C)C)NC1=O. The molecular weight excluding hydrogens is 550 g/mol. The van der Waals surface area contributed by atoms with Gasteiger partial charge in [0, 0.05) is 37.1 Å². The molecule has 0 bridgehead atoms. The second-order valence-electron chi connectivity index (χ2n) is 11.9. The van der Waals surface area contributed by atoms with Gasteiger partial charge >= 0.3 is 5.97 Å². The van der Waals surface area contributed by atoms with Crippen molar-refractivity contribution in [1.82, 2.24) is 15.5 Å². The number of nitrogens with one attached hydrogen (secondary N) is 2. The summed E-state index contributed by atoms with van der Waals surface area (Å²) in [6, 6.07) is 3.20. The van der Waals surface area contributed by atoms with Gasteiger partial charge in [-0.15, -0.1) is 0 Å². The molecule has 0 saturated carbocycles. The van der Waals surface area contributed by atoms with Gasteiger partial charge in [-0.1, -0.05) is 45.8 Å². The number of carboxylic acid groups (broad SMARTS) is 1. The van der Waals surface area contributed by atoms with Crippen molar-refractivity contribution < 1.29 is 33.8 Å². The van der Waals surface area contributed by atoms with Crippen molar-refractivity contribution in [3.8, 4) is 11.5 Å². The maximum atomic E-state index is 13.7. The number of rotatable bonds is 10. The molecule has 0 spiro atoms. The number of carbonyl (C=O) groups is 4. The highest BCUT2D eigenvalue weighted by molar-refractivity contribution is 5.91. The summed E-state index contributed by atoms with van der Waals surface area (Å²) in [5, 5.41) is 15.7. The van der Waals surface area contributed by atoms with Crippen LogP contribution < -0.4 is 20.1 Å². The first-order valence-corrected chi connectivity index (χ1v) is 15.4. The summed E-state index contributed by atoms with van der Waals surface area (Å²) in [4.78, 5) is 54.3. The fourth-order valence-corrected chi connectivity index (χ4v) is 5.48. The smallest absolute Gasteiger partial charge is 0.326 e. The molecule has 1 aliphatic rings. The van der Waals surface area contributed by atoms with E-state index in [0.29, 0.717) is 24.3 Å². The molecule has 1 aliphatic heterocycles. The number of allylic oxidation sites excluding steroid dienone is 2. The number of hydrogen-bond acceptors (Lipinski definition) is 6. The zero-order valence-electron chi connectivity index (χ0n) is 26.7. The van der Waals surface area contributed by atoms with Crippen molar-refractivity contribution >= 4 is 23.7 Å². The number of benzene rings is 1. The monoisotopic (exact) mass is 601 g/mol. The Balaban J connectivity index is 2.34. The minimum atomic E-state index is -1.30. The minimum Gasteiger partial charge on any atom is -0.497 e. The van der Waals surface area contributed by atoms with Gasteiger partial charge in [0.1, 0.15) is 23.6 Å². The molecule has 1 aromatic carbocycles. The zero-order valence-corrected chi connectivity index (χ0v) is 26.7. The van der Waals surface area contributed by atoms with E-state index in [4.69, 9.17) is 9.47 Å². The molecule has 3 amide bonds. The standard InChI is InChI=1S/C33H51N3O7/c1-7-13-23-14-11-9-8-10-12-15-24(32(39)36(4)21-25-16-17-26(42-5)20-29(25)43-6)19-28(33(40)41)35-31(38)27(18-22(2)3)34-30(23)37/h10,12,16-17,20,22-24,27-28H,7-9,11,13-15,18-19,21H2,1-6H3,(H,34,37)(H,35,38)(H,40,41)/b12-10+. The maximum absolute atomic E-state index is 13.7. The lowest BCUT2D eigenvalue weighted by molar-refractivity contribution is -0.144. The molecule has 0 radical (unpaired) electrons. The van der Waals surface area contributed by atoms with E-state index in [1.807, 2.05) is 39.0 Å². The molecule has 0 fully saturated rings. The molecule has 2 rings (SSSR count). The Bertz CT molecular complexity index is 1100. The number of hydrogen-bond donors (Lipinski definition) is 3. The molecular formula is C33H51N3O7. The lowest BCUT2D eigenvalue weighted by Gasteiger charge is -2.28. The van der Waals surface area contributed by atoms with Crippen LogP contribution in [0.15, 0.2) is 30.4 Å². The number of aliphatic carboxylic acids is 1. The fourth-order valence-electron chi connectivity index (χ4n) is 5.48. The molecule has 10 heteroatoms. The fraction of sp³-hybridized carbons (Fsp3) is 0.636. The van der Waals surface area contributed by atoms with Crippen LogP contribution in [-0.4, -0.2) is 67.0 Å². The van der Waals surface area contributed by atoms with Crippen molar-refractivity contribution in [2.24, 2.45) is 17.8 Å². The van der Waals surface area contributed by atoms with Crippen LogP contribution in [0.5, 0.6) is 11.5 Å². The Morgan fingerprint density at radius 1 is 1.07 bits per heavy atom. The van der Waals surface area contributed by atoms with Crippen LogP contribution >= 0.6 is 0 Å². The Morgan fingerprint density at radius 3 is 2.44 bits per heavy atom. The summed E-state index contributed by atoms with van der Waals surface area (Å²) in [6.07, 6.45) is 9.45. The van der Waals surface area contributed by atoms with E-state index in [9.17, 15) is 24.3 Å². The van der Waals surface area contributed by atoms with Gasteiger partial charge in [-0.25, -0.2) is 4.79 Å². The van der Waals surface area contributed by atoms with Gasteiger partial charge in [0.2, 0.25) is 17.7 Å². The molecule has 4 atom stereocenters. The van der Waals surface area contributed by atoms with Gasteiger partial charge < -0.3 is 30.1 Å². The number of carbonyl (C=O) groups excluding carboxylic acids is 3. The number of amides is 3. The van der Waals surface area contributed by atoms with Crippen LogP contribution in [0.2, 0.25) is 0 Å². The van der Waals surface area contributed by atoms with E-state index in [-0.39, 0.29) is 36.6 Å². The molecule has 240 valence electrons. The lowest BCUT2D eigenvalue weighted by atomic mass is 9.92. The van der Waals surface area contributed by atoms with Gasteiger partial charge in [0.25, 0.3) is 0 Å². The van der Waals surface area contributed by atoms with E-state index in [2.05, 4.69) is 10.6 Å². The highest BCUT2D eigenvalue weighted by Gasteiger charge is 2.33. The molecule has 0 saturated heterocycles. The molecule has 4 unspecified atom stereocenters. The van der Waals surface area contributed by atoms with Gasteiger partial charge in [-0.2, -0.15) is 0 Å². The average molecular weight is 602 g/mol. The van der Waals surface area contributed by atoms with E-state index < -0.39 is 29.9 Å². The molecule has 1 heterocycles. The summed E-state index contributed by atoms with van der Waals surface area (Å²) in [7, 11) is 4.78. The number of ether oxygens (including phenoxy) is 2. The lowest BCUT2D eigenvalue weighted by Crippen LogP contribution is -2.53. The number of methoxy groups -OCH3 is 2. The van der Waals surface area contributed by atoms with E-state index in [0.717, 1.165) is 44.1 Å². The second kappa shape index (κ2) is 18.2. The van der Waals surface area contributed by atoms with Crippen LogP contribution in [-0.2, 0) is 25.7 Å². The summed E-state index contributed by atoms with van der Waals surface area (Å²) in [5.41, 5.74) is 0.777. The Morgan fingerprint density at radius 2 is 1.81 bits per heavy atom. The summed E-state index contributed by atoms with van der Waals surface area (Å²) < 4.78 is 10.8. The number of carboxylic acids is 1. The van der Waals surface area contributed by atoms with Gasteiger partial charge in [-0.05, 0) is 63.0 Å². The van der Waals surface area contributed by atoms with Crippen LogP contribution in [0.25, 0.3) is 0 Å². The van der Waals surface area contributed by atoms with Crippen molar-refractivity contribution in [2.45, 2.75) is 97.2 Å². The average Bonchev–Trinajstić information content (AvgIpc) is 2.97. The topological polar surface area (TPSA) is 134 Å². The highest BCUT2D eigenvalue weighted by Crippen LogP contribution is 2.27. The number of nitrogens with zero attached hydrogens (tertiary/aromatic N) is 1. The van der Waals surface area contributed by atoms with Crippen LogP contribution in [0.1, 0.15) is 84.1 Å². The van der Waals surface area contributed by atoms with Crippen molar-refractivity contribution in [3.05, 3.63) is 35.9 Å². The first-order valence-electron chi connectivity index (χ1n) is 15.4. The molecule has 1 aromatic rings. The van der Waals surface area contributed by atoms with Gasteiger partial charge in [0.05, 0.1) is 14.2 Å². The summed E-state index contributed by atoms with van der Waals surface area (Å²) in [6.45, 7) is 6.18. The van der Waals surface area contributed by atoms with Crippen LogP contribution in [0, 0.1) is 17.8 Å². The van der Waals surface area contributed by atoms with E-state index >= 15 is 0 Å². The third-order valence-corrected chi connectivity index (χ3v) is 7.87. The molecule has 10 nitrogen and oxygen atoms in total. The highest BCUT2D eigenvalue weighted by atomic mass is 16.5. The first kappa shape index (κ1) is 35.6. The Labute approximate surface area is 256 Å². The first-order chi connectivity index (χ1) is 20.5. The maximum Gasteiger partial charge on any atom is 0.326 e. The molecule has 0 aromatic heterocycles. The molecule has 43 heavy (non-hydrogen) atoms. The predicted molar refractivity (Wildman–Crippen MR) is 166 cm³/mol. The summed E-state index contributed by atoms with van der Waals surface area (Å²) >= 11 is 0. The minimum absolute atomic E-state index is 0.0882. The molecule has 0 aliphatic carbocycles. The Hall–Kier alpha value is -3.56. The van der Waals surface area contributed by atoms with Crippen LogP contribution in [0.3, 0.4) is 0 Å². The second-order valence-corrected chi connectivity index (χ2v) is 11.9. The quantitative estimate of drug-likeness (QED) is 0.331.